The molecule has 18 heavy (non-hydrogen) atoms. The summed E-state index contributed by atoms with van der Waals surface area (Å²) in [6, 6.07) is 5.00. The summed E-state index contributed by atoms with van der Waals surface area (Å²) in [5.41, 5.74) is 1.58. The number of hydrogen-bond donors (Lipinski definition) is 1. The summed E-state index contributed by atoms with van der Waals surface area (Å²) in [7, 11) is 0. The van der Waals surface area contributed by atoms with E-state index in [2.05, 4.69) is 4.98 Å². The molecule has 0 aliphatic heterocycles. The zero-order valence-corrected chi connectivity index (χ0v) is 11.9. The second kappa shape index (κ2) is 5.64. The minimum Gasteiger partial charge on any atom is -0.392 e. The van der Waals surface area contributed by atoms with Crippen LogP contribution in [0.25, 0.3) is 11.3 Å². The average molecular weight is 323 g/mol. The lowest BCUT2D eigenvalue weighted by Crippen LogP contribution is -1.93. The lowest BCUT2D eigenvalue weighted by molar-refractivity contribution is 0.282. The van der Waals surface area contributed by atoms with Crippen LogP contribution < -0.4 is 0 Å². The van der Waals surface area contributed by atoms with Crippen molar-refractivity contribution in [2.24, 2.45) is 0 Å². The van der Waals surface area contributed by atoms with E-state index in [0.29, 0.717) is 36.9 Å². The van der Waals surface area contributed by atoms with Crippen LogP contribution in [-0.4, -0.2) is 10.1 Å². The van der Waals surface area contributed by atoms with Gasteiger partial charge in [-0.25, -0.2) is 0 Å². The standard InChI is InChI=1S/C12H7Cl4NO/c13-7-1-6(2-8(14)3-7)12-11(16)9(5-18)10(15)4-17-12/h1-4,18H,5H2. The number of nitrogens with zero attached hydrogens (tertiary/aromatic N) is 1. The van der Waals surface area contributed by atoms with E-state index in [1.54, 1.807) is 18.2 Å². The van der Waals surface area contributed by atoms with Gasteiger partial charge in [0.25, 0.3) is 0 Å². The van der Waals surface area contributed by atoms with Crippen molar-refractivity contribution in [3.63, 3.8) is 0 Å². The number of pyridine rings is 1. The first-order chi connectivity index (χ1) is 8.52. The quantitative estimate of drug-likeness (QED) is 0.857. The smallest absolute Gasteiger partial charge is 0.0894 e. The van der Waals surface area contributed by atoms with Gasteiger partial charge in [-0.15, -0.1) is 0 Å². The molecule has 0 fully saturated rings. The Morgan fingerprint density at radius 3 is 2.17 bits per heavy atom. The monoisotopic (exact) mass is 321 g/mol. The highest BCUT2D eigenvalue weighted by atomic mass is 35.5. The number of aromatic nitrogens is 1. The van der Waals surface area contributed by atoms with Crippen LogP contribution in [0.2, 0.25) is 20.1 Å². The van der Waals surface area contributed by atoms with Crippen molar-refractivity contribution in [3.05, 3.63) is 50.0 Å². The van der Waals surface area contributed by atoms with Crippen LogP contribution in [0.3, 0.4) is 0 Å². The maximum absolute atomic E-state index is 9.23. The molecule has 0 aliphatic rings. The Labute approximate surface area is 124 Å². The maximum atomic E-state index is 9.23. The zero-order chi connectivity index (χ0) is 13.3. The Morgan fingerprint density at radius 1 is 1.00 bits per heavy atom. The van der Waals surface area contributed by atoms with Gasteiger partial charge in [0, 0.05) is 27.4 Å². The summed E-state index contributed by atoms with van der Waals surface area (Å²) < 4.78 is 0. The van der Waals surface area contributed by atoms with Crippen molar-refractivity contribution >= 4 is 46.4 Å². The molecule has 0 amide bonds. The summed E-state index contributed by atoms with van der Waals surface area (Å²) in [4.78, 5) is 4.15. The highest BCUT2D eigenvalue weighted by Gasteiger charge is 2.13. The molecule has 0 saturated carbocycles. The lowest BCUT2D eigenvalue weighted by atomic mass is 10.1. The molecule has 1 heterocycles. The number of aliphatic hydroxyl groups is 1. The average Bonchev–Trinajstić information content (AvgIpc) is 2.28. The van der Waals surface area contributed by atoms with Gasteiger partial charge >= 0.3 is 0 Å². The molecule has 1 N–H and O–H groups in total. The van der Waals surface area contributed by atoms with Crippen molar-refractivity contribution in [2.45, 2.75) is 6.61 Å². The summed E-state index contributed by atoms with van der Waals surface area (Å²) >= 11 is 23.9. The zero-order valence-electron chi connectivity index (χ0n) is 8.92. The number of hydrogen-bond acceptors (Lipinski definition) is 2. The highest BCUT2D eigenvalue weighted by molar-refractivity contribution is 6.38. The third kappa shape index (κ3) is 2.73. The SMILES string of the molecule is OCc1c(Cl)cnc(-c2cc(Cl)cc(Cl)c2)c1Cl. The molecule has 0 saturated heterocycles. The van der Waals surface area contributed by atoms with E-state index >= 15 is 0 Å². The number of aliphatic hydroxyl groups excluding tert-OH is 1. The fraction of sp³-hybridized carbons (Fsp3) is 0.0833. The molecular formula is C12H7Cl4NO. The first-order valence-electron chi connectivity index (χ1n) is 4.93. The number of benzene rings is 1. The number of rotatable bonds is 2. The second-order valence-corrected chi connectivity index (χ2v) is 5.22. The molecule has 2 aromatic rings. The van der Waals surface area contributed by atoms with Gasteiger partial charge in [-0.05, 0) is 18.2 Å². The van der Waals surface area contributed by atoms with E-state index in [4.69, 9.17) is 46.4 Å². The topological polar surface area (TPSA) is 33.1 Å². The molecular weight excluding hydrogens is 316 g/mol. The molecule has 0 unspecified atom stereocenters. The summed E-state index contributed by atoms with van der Waals surface area (Å²) in [6.07, 6.45) is 1.43. The van der Waals surface area contributed by atoms with Crippen molar-refractivity contribution in [3.8, 4) is 11.3 Å². The van der Waals surface area contributed by atoms with Crippen LogP contribution in [0.5, 0.6) is 0 Å². The fourth-order valence-electron chi connectivity index (χ4n) is 1.54. The fourth-order valence-corrected chi connectivity index (χ4v) is 2.64. The molecule has 0 aliphatic carbocycles. The molecule has 0 spiro atoms. The van der Waals surface area contributed by atoms with Gasteiger partial charge in [-0.2, -0.15) is 0 Å². The molecule has 1 aromatic carbocycles. The molecule has 2 nitrogen and oxygen atoms in total. The predicted octanol–water partition coefficient (Wildman–Crippen LogP) is 4.85. The van der Waals surface area contributed by atoms with Gasteiger partial charge < -0.3 is 5.11 Å². The van der Waals surface area contributed by atoms with Crippen molar-refractivity contribution in [2.75, 3.05) is 0 Å². The lowest BCUT2D eigenvalue weighted by Gasteiger charge is -2.09. The van der Waals surface area contributed by atoms with Crippen LogP contribution in [0.1, 0.15) is 5.56 Å². The Hall–Kier alpha value is -0.510. The van der Waals surface area contributed by atoms with Crippen LogP contribution in [0, 0.1) is 0 Å². The summed E-state index contributed by atoms with van der Waals surface area (Å²) in [5, 5.41) is 10.8. The largest absolute Gasteiger partial charge is 0.392 e. The van der Waals surface area contributed by atoms with Gasteiger partial charge in [0.1, 0.15) is 0 Å². The number of halogens is 4. The normalized spacial score (nSPS) is 10.7. The highest BCUT2D eigenvalue weighted by Crippen LogP contribution is 2.35. The van der Waals surface area contributed by atoms with E-state index in [0.717, 1.165) is 0 Å². The van der Waals surface area contributed by atoms with Crippen LogP contribution in [0.4, 0.5) is 0 Å². The Bertz CT molecular complexity index is 581. The minimum atomic E-state index is -0.262. The van der Waals surface area contributed by atoms with Gasteiger partial charge in [0.05, 0.1) is 22.3 Å². The Balaban J connectivity index is 2.64. The van der Waals surface area contributed by atoms with Gasteiger partial charge in [-0.3, -0.25) is 4.98 Å². The van der Waals surface area contributed by atoms with E-state index in [-0.39, 0.29) is 6.61 Å². The first-order valence-corrected chi connectivity index (χ1v) is 6.44. The van der Waals surface area contributed by atoms with Crippen molar-refractivity contribution < 1.29 is 5.11 Å². The first kappa shape index (κ1) is 13.9. The third-order valence-corrected chi connectivity index (χ3v) is 3.53. The summed E-state index contributed by atoms with van der Waals surface area (Å²) in [6.45, 7) is -0.262. The van der Waals surface area contributed by atoms with Crippen LogP contribution in [-0.2, 0) is 6.61 Å². The molecule has 0 bridgehead atoms. The van der Waals surface area contributed by atoms with Crippen molar-refractivity contribution in [1.29, 1.82) is 0 Å². The molecule has 1 aromatic heterocycles. The van der Waals surface area contributed by atoms with Gasteiger partial charge in [-0.1, -0.05) is 46.4 Å². The van der Waals surface area contributed by atoms with Gasteiger partial charge in [0.2, 0.25) is 0 Å². The Morgan fingerprint density at radius 2 is 1.61 bits per heavy atom. The maximum Gasteiger partial charge on any atom is 0.0894 e. The minimum absolute atomic E-state index is 0.262. The van der Waals surface area contributed by atoms with E-state index in [9.17, 15) is 5.11 Å². The van der Waals surface area contributed by atoms with Crippen molar-refractivity contribution in [1.82, 2.24) is 4.98 Å². The van der Waals surface area contributed by atoms with E-state index in [1.807, 2.05) is 0 Å². The molecule has 94 valence electrons. The van der Waals surface area contributed by atoms with E-state index < -0.39 is 0 Å². The van der Waals surface area contributed by atoms with Gasteiger partial charge in [0.15, 0.2) is 0 Å². The Kier molecular flexibility index (Phi) is 4.36. The van der Waals surface area contributed by atoms with Crippen LogP contribution >= 0.6 is 46.4 Å². The van der Waals surface area contributed by atoms with Crippen LogP contribution in [0.15, 0.2) is 24.4 Å². The van der Waals surface area contributed by atoms with E-state index in [1.165, 1.54) is 6.20 Å². The molecule has 2 rings (SSSR count). The molecule has 0 atom stereocenters. The molecule has 0 radical (unpaired) electrons. The second-order valence-electron chi connectivity index (χ2n) is 3.56. The molecule has 6 heteroatoms. The predicted molar refractivity (Wildman–Crippen MR) is 75.6 cm³/mol. The third-order valence-electron chi connectivity index (χ3n) is 2.36. The summed E-state index contributed by atoms with van der Waals surface area (Å²) in [5.74, 6) is 0.